The molecule has 3 aliphatic rings. The number of rotatable bonds is 3. The second kappa shape index (κ2) is 4.63. The third-order valence-electron chi connectivity index (χ3n) is 5.35. The van der Waals surface area contributed by atoms with E-state index in [1.54, 1.807) is 11.9 Å². The Morgan fingerprint density at radius 3 is 2.19 bits per heavy atom. The number of amides is 3. The van der Waals surface area contributed by atoms with Gasteiger partial charge in [0.15, 0.2) is 0 Å². The summed E-state index contributed by atoms with van der Waals surface area (Å²) in [4.78, 5) is 29.1. The van der Waals surface area contributed by atoms with Crippen molar-refractivity contribution in [2.45, 2.75) is 37.1 Å². The zero-order valence-electron chi connectivity index (χ0n) is 12.4. The van der Waals surface area contributed by atoms with Crippen LogP contribution < -0.4 is 0 Å². The smallest absolute Gasteiger partial charge is 0.312 e. The summed E-state index contributed by atoms with van der Waals surface area (Å²) in [6.07, 6.45) is 1.70. The third kappa shape index (κ3) is 2.22. The maximum absolute atomic E-state index is 12.9. The molecule has 0 bridgehead atoms. The number of hydrogen-bond donors (Lipinski definition) is 0. The molecule has 3 amide bonds. The summed E-state index contributed by atoms with van der Waals surface area (Å²) in [6, 6.07) is -0.258. The van der Waals surface area contributed by atoms with Gasteiger partial charge in [0.1, 0.15) is 5.54 Å². The van der Waals surface area contributed by atoms with Gasteiger partial charge >= 0.3 is 6.03 Å². The monoisotopic (exact) mass is 301 g/mol. The molecule has 0 radical (unpaired) electrons. The fraction of sp³-hybridized carbons (Fsp3) is 0.857. The zero-order chi connectivity index (χ0) is 15.4. The first-order valence-electron chi connectivity index (χ1n) is 7.44. The number of halogens is 2. The Morgan fingerprint density at radius 2 is 1.76 bits per heavy atom. The first-order chi connectivity index (χ1) is 9.78. The summed E-state index contributed by atoms with van der Waals surface area (Å²) in [5.41, 5.74) is -0.716. The Balaban J connectivity index is 1.55. The highest BCUT2D eigenvalue weighted by molar-refractivity contribution is 6.06. The molecule has 0 aromatic heterocycles. The quantitative estimate of drug-likeness (QED) is 0.740. The molecule has 3 rings (SSSR count). The summed E-state index contributed by atoms with van der Waals surface area (Å²) >= 11 is 0. The minimum Gasteiger partial charge on any atom is -0.312 e. The Hall–Kier alpha value is -1.24. The Bertz CT molecular complexity index is 475. The van der Waals surface area contributed by atoms with Crippen LogP contribution in [0.15, 0.2) is 0 Å². The van der Waals surface area contributed by atoms with Crippen LogP contribution in [-0.4, -0.2) is 71.8 Å². The van der Waals surface area contributed by atoms with Gasteiger partial charge < -0.3 is 9.80 Å². The van der Waals surface area contributed by atoms with Crippen LogP contribution in [0.25, 0.3) is 0 Å². The molecule has 0 aromatic carbocycles. The summed E-state index contributed by atoms with van der Waals surface area (Å²) in [5, 5.41) is 0. The molecule has 2 heterocycles. The van der Waals surface area contributed by atoms with Gasteiger partial charge in [0.25, 0.3) is 11.8 Å². The van der Waals surface area contributed by atoms with Gasteiger partial charge in [-0.25, -0.2) is 13.6 Å². The predicted molar refractivity (Wildman–Crippen MR) is 72.0 cm³/mol. The number of likely N-dealkylation sites (tertiary alicyclic amines) is 1. The molecule has 21 heavy (non-hydrogen) atoms. The van der Waals surface area contributed by atoms with E-state index in [2.05, 4.69) is 4.90 Å². The van der Waals surface area contributed by atoms with Crippen molar-refractivity contribution in [3.63, 3.8) is 0 Å². The molecular weight excluding hydrogens is 280 g/mol. The van der Waals surface area contributed by atoms with E-state index in [4.69, 9.17) is 0 Å². The maximum atomic E-state index is 12.9. The fourth-order valence-corrected chi connectivity index (χ4v) is 3.57. The highest BCUT2D eigenvalue weighted by atomic mass is 19.3. The van der Waals surface area contributed by atoms with E-state index in [0.717, 1.165) is 0 Å². The second-order valence-electron chi connectivity index (χ2n) is 6.53. The molecule has 1 aliphatic carbocycles. The minimum atomic E-state index is -2.45. The lowest BCUT2D eigenvalue weighted by molar-refractivity contribution is -0.134. The van der Waals surface area contributed by atoms with Gasteiger partial charge in [-0.15, -0.1) is 0 Å². The number of nitrogens with zero attached hydrogens (tertiary/aromatic N) is 3. The fourth-order valence-electron chi connectivity index (χ4n) is 3.57. The van der Waals surface area contributed by atoms with Crippen molar-refractivity contribution in [3.05, 3.63) is 0 Å². The van der Waals surface area contributed by atoms with E-state index in [1.165, 1.54) is 11.9 Å². The number of piperidine rings is 1. The summed E-state index contributed by atoms with van der Waals surface area (Å²) in [7, 11) is 3.18. The van der Waals surface area contributed by atoms with Crippen LogP contribution in [0, 0.1) is 5.92 Å². The number of alkyl halides is 2. The summed E-state index contributed by atoms with van der Waals surface area (Å²) < 4.78 is 25.7. The van der Waals surface area contributed by atoms with Gasteiger partial charge in [-0.3, -0.25) is 9.69 Å². The lowest BCUT2D eigenvalue weighted by Gasteiger charge is -2.40. The van der Waals surface area contributed by atoms with Crippen LogP contribution in [0.1, 0.15) is 25.7 Å². The molecule has 1 atom stereocenters. The molecule has 3 fully saturated rings. The van der Waals surface area contributed by atoms with Gasteiger partial charge in [0, 0.05) is 39.5 Å². The van der Waals surface area contributed by atoms with Crippen LogP contribution in [0.5, 0.6) is 0 Å². The van der Waals surface area contributed by atoms with E-state index in [-0.39, 0.29) is 18.4 Å². The van der Waals surface area contributed by atoms with Crippen LogP contribution in [0.3, 0.4) is 0 Å². The average Bonchev–Trinajstić information content (AvgIpc) is 3.05. The van der Waals surface area contributed by atoms with Crippen molar-refractivity contribution in [1.29, 1.82) is 0 Å². The predicted octanol–water partition coefficient (Wildman–Crippen LogP) is 1.39. The molecular formula is C14H21F2N3O2. The summed E-state index contributed by atoms with van der Waals surface area (Å²) in [6.45, 7) is 2.00. The van der Waals surface area contributed by atoms with Crippen molar-refractivity contribution in [2.75, 3.05) is 33.7 Å². The van der Waals surface area contributed by atoms with Crippen molar-refractivity contribution in [3.8, 4) is 0 Å². The van der Waals surface area contributed by atoms with Crippen LogP contribution >= 0.6 is 0 Å². The van der Waals surface area contributed by atoms with Crippen molar-refractivity contribution in [1.82, 2.24) is 14.7 Å². The first-order valence-corrected chi connectivity index (χ1v) is 7.44. The van der Waals surface area contributed by atoms with Gasteiger partial charge in [-0.05, 0) is 25.8 Å². The Morgan fingerprint density at radius 1 is 1.19 bits per heavy atom. The summed E-state index contributed by atoms with van der Waals surface area (Å²) in [5.74, 6) is -3.05. The zero-order valence-corrected chi connectivity index (χ0v) is 12.4. The highest BCUT2D eigenvalue weighted by Crippen LogP contribution is 2.50. The Labute approximate surface area is 122 Å². The number of hydrogen-bond acceptors (Lipinski definition) is 3. The normalized spacial score (nSPS) is 31.3. The standard InChI is InChI=1S/C14H21F2N3O2/c1-17-11(20)13(18(2)12(17)21)4-7-19(8-5-13)6-3-10-9-14(10,15)16/h10H,3-9H2,1-2H3. The minimum absolute atomic E-state index is 0.0191. The lowest BCUT2D eigenvalue weighted by Crippen LogP contribution is -2.55. The average molecular weight is 301 g/mol. The van der Waals surface area contributed by atoms with E-state index in [9.17, 15) is 18.4 Å². The topological polar surface area (TPSA) is 43.9 Å². The van der Waals surface area contributed by atoms with Crippen LogP contribution in [0.4, 0.5) is 13.6 Å². The molecule has 5 nitrogen and oxygen atoms in total. The van der Waals surface area contributed by atoms with Crippen molar-refractivity contribution < 1.29 is 18.4 Å². The number of imide groups is 1. The maximum Gasteiger partial charge on any atom is 0.327 e. The molecule has 118 valence electrons. The van der Waals surface area contributed by atoms with Crippen LogP contribution in [-0.2, 0) is 4.79 Å². The van der Waals surface area contributed by atoms with Crippen molar-refractivity contribution in [2.24, 2.45) is 5.92 Å². The second-order valence-corrected chi connectivity index (χ2v) is 6.53. The first kappa shape index (κ1) is 14.7. The third-order valence-corrected chi connectivity index (χ3v) is 5.35. The molecule has 2 aliphatic heterocycles. The van der Waals surface area contributed by atoms with E-state index in [1.807, 2.05) is 0 Å². The highest BCUT2D eigenvalue weighted by Gasteiger charge is 2.57. The van der Waals surface area contributed by atoms with E-state index < -0.39 is 17.4 Å². The van der Waals surface area contributed by atoms with Gasteiger partial charge in [-0.2, -0.15) is 0 Å². The molecule has 1 spiro atoms. The number of carbonyl (C=O) groups is 2. The molecule has 0 aromatic rings. The largest absolute Gasteiger partial charge is 0.327 e. The Kier molecular flexibility index (Phi) is 3.24. The SMILES string of the molecule is CN1C(=O)N(C)C2(CCN(CCC3CC3(F)F)CC2)C1=O. The van der Waals surface area contributed by atoms with Crippen molar-refractivity contribution >= 4 is 11.9 Å². The molecule has 0 N–H and O–H groups in total. The number of likely N-dealkylation sites (N-methyl/N-ethyl adjacent to an activating group) is 2. The van der Waals surface area contributed by atoms with Crippen LogP contribution in [0.2, 0.25) is 0 Å². The van der Waals surface area contributed by atoms with E-state index in [0.29, 0.717) is 38.9 Å². The number of carbonyl (C=O) groups excluding carboxylic acids is 2. The van der Waals surface area contributed by atoms with Gasteiger partial charge in [0.2, 0.25) is 0 Å². The molecule has 2 saturated heterocycles. The number of urea groups is 1. The molecule has 7 heteroatoms. The lowest BCUT2D eigenvalue weighted by atomic mass is 9.86. The van der Waals surface area contributed by atoms with E-state index >= 15 is 0 Å². The van der Waals surface area contributed by atoms with Gasteiger partial charge in [0.05, 0.1) is 0 Å². The molecule has 1 saturated carbocycles. The molecule has 1 unspecified atom stereocenters. The van der Waals surface area contributed by atoms with Gasteiger partial charge in [-0.1, -0.05) is 0 Å².